The Morgan fingerprint density at radius 1 is 1.19 bits per heavy atom. The predicted octanol–water partition coefficient (Wildman–Crippen LogP) is 1.64. The summed E-state index contributed by atoms with van der Waals surface area (Å²) < 4.78 is 9.70. The Morgan fingerprint density at radius 2 is 1.90 bits per heavy atom. The highest BCUT2D eigenvalue weighted by atomic mass is 16.5. The minimum Gasteiger partial charge on any atom is -0.463 e. The smallest absolute Gasteiger partial charge is 0.334 e. The first-order valence-corrected chi connectivity index (χ1v) is 6.84. The molecule has 0 amide bonds. The molecule has 0 radical (unpaired) electrons. The highest BCUT2D eigenvalue weighted by molar-refractivity contribution is 5.93. The summed E-state index contributed by atoms with van der Waals surface area (Å²) >= 11 is 0. The van der Waals surface area contributed by atoms with E-state index in [2.05, 4.69) is 0 Å². The van der Waals surface area contributed by atoms with Crippen molar-refractivity contribution in [2.75, 3.05) is 19.8 Å². The number of benzene rings is 1. The summed E-state index contributed by atoms with van der Waals surface area (Å²) in [4.78, 5) is 23.4. The average Bonchev–Trinajstić information content (AvgIpc) is 2.50. The Bertz CT molecular complexity index is 479. The van der Waals surface area contributed by atoms with Crippen molar-refractivity contribution < 1.29 is 24.2 Å². The molecule has 1 rings (SSSR count). The molecule has 5 heteroatoms. The van der Waals surface area contributed by atoms with Gasteiger partial charge in [-0.25, -0.2) is 4.79 Å². The molecule has 5 nitrogen and oxygen atoms in total. The van der Waals surface area contributed by atoms with Crippen LogP contribution in [-0.4, -0.2) is 36.9 Å². The predicted molar refractivity (Wildman–Crippen MR) is 77.5 cm³/mol. The number of carbonyl (C=O) groups excluding carboxylic acids is 2. The van der Waals surface area contributed by atoms with E-state index in [0.29, 0.717) is 6.42 Å². The molecule has 0 saturated carbocycles. The Labute approximate surface area is 124 Å². The first kappa shape index (κ1) is 16.9. The summed E-state index contributed by atoms with van der Waals surface area (Å²) in [5.74, 6) is -1.08. The second-order valence-electron chi connectivity index (χ2n) is 4.26. The lowest BCUT2D eigenvalue weighted by Gasteiger charge is -2.07. The van der Waals surface area contributed by atoms with E-state index < -0.39 is 11.9 Å². The highest BCUT2D eigenvalue weighted by Crippen LogP contribution is 2.10. The van der Waals surface area contributed by atoms with Crippen LogP contribution in [0.2, 0.25) is 0 Å². The van der Waals surface area contributed by atoms with E-state index in [1.54, 1.807) is 13.0 Å². The maximum absolute atomic E-state index is 11.8. The minimum atomic E-state index is -0.559. The van der Waals surface area contributed by atoms with E-state index in [0.717, 1.165) is 5.56 Å². The quantitative estimate of drug-likeness (QED) is 0.582. The lowest BCUT2D eigenvalue weighted by molar-refractivity contribution is -0.146. The van der Waals surface area contributed by atoms with Crippen molar-refractivity contribution in [3.05, 3.63) is 47.5 Å². The summed E-state index contributed by atoms with van der Waals surface area (Å²) in [6.07, 6.45) is 2.04. The molecule has 21 heavy (non-hydrogen) atoms. The van der Waals surface area contributed by atoms with Gasteiger partial charge in [-0.2, -0.15) is 0 Å². The zero-order valence-corrected chi connectivity index (χ0v) is 12.1. The van der Waals surface area contributed by atoms with Crippen molar-refractivity contribution in [1.82, 2.24) is 0 Å². The van der Waals surface area contributed by atoms with E-state index in [1.165, 1.54) is 0 Å². The van der Waals surface area contributed by atoms with Gasteiger partial charge in [-0.05, 0) is 18.9 Å². The third-order valence-corrected chi connectivity index (χ3v) is 2.65. The van der Waals surface area contributed by atoms with Crippen LogP contribution in [0.25, 0.3) is 0 Å². The van der Waals surface area contributed by atoms with Gasteiger partial charge in [-0.3, -0.25) is 4.79 Å². The Balaban J connectivity index is 2.71. The molecule has 0 saturated heterocycles. The molecule has 1 aromatic rings. The third-order valence-electron chi connectivity index (χ3n) is 2.65. The molecule has 0 aromatic heterocycles. The van der Waals surface area contributed by atoms with Crippen molar-refractivity contribution in [3.63, 3.8) is 0 Å². The molecule has 0 atom stereocenters. The zero-order chi connectivity index (χ0) is 15.5. The fraction of sp³-hybridized carbons (Fsp3) is 0.375. The highest BCUT2D eigenvalue weighted by Gasteiger charge is 2.15. The van der Waals surface area contributed by atoms with Gasteiger partial charge in [0.2, 0.25) is 0 Å². The van der Waals surface area contributed by atoms with Crippen molar-refractivity contribution in [3.8, 4) is 0 Å². The summed E-state index contributed by atoms with van der Waals surface area (Å²) in [7, 11) is 0. The van der Waals surface area contributed by atoms with Crippen LogP contribution in [0.15, 0.2) is 42.0 Å². The molecule has 0 spiro atoms. The maximum atomic E-state index is 11.8. The molecule has 1 N–H and O–H groups in total. The number of esters is 2. The molecule has 0 heterocycles. The summed E-state index contributed by atoms with van der Waals surface area (Å²) in [5.41, 5.74) is 1.30. The van der Waals surface area contributed by atoms with Crippen LogP contribution in [0.5, 0.6) is 0 Å². The summed E-state index contributed by atoms with van der Waals surface area (Å²) in [6, 6.07) is 9.59. The monoisotopic (exact) mass is 292 g/mol. The van der Waals surface area contributed by atoms with Gasteiger partial charge in [0.1, 0.15) is 6.61 Å². The lowest BCUT2D eigenvalue weighted by atomic mass is 10.1. The van der Waals surface area contributed by atoms with Crippen LogP contribution in [0, 0.1) is 0 Å². The fourth-order valence-corrected chi connectivity index (χ4v) is 1.67. The Morgan fingerprint density at radius 3 is 2.52 bits per heavy atom. The van der Waals surface area contributed by atoms with Gasteiger partial charge in [0.05, 0.1) is 19.6 Å². The molecule has 0 bridgehead atoms. The van der Waals surface area contributed by atoms with Crippen LogP contribution in [0.3, 0.4) is 0 Å². The van der Waals surface area contributed by atoms with Gasteiger partial charge in [0.25, 0.3) is 0 Å². The number of carbonyl (C=O) groups is 2. The number of rotatable bonds is 8. The number of allylic oxidation sites excluding steroid dienone is 1. The van der Waals surface area contributed by atoms with Crippen LogP contribution in [-0.2, 0) is 25.5 Å². The summed E-state index contributed by atoms with van der Waals surface area (Å²) in [5, 5.41) is 8.61. The number of ether oxygens (including phenoxy) is 2. The standard InChI is InChI=1S/C16H20O5/c1-2-20-16(19)14(12-15(18)21-11-10-17)9-8-13-6-4-3-5-7-13/h3-7,9,17H,2,8,10-12H2,1H3/b14-9-. The lowest BCUT2D eigenvalue weighted by Crippen LogP contribution is -2.15. The van der Waals surface area contributed by atoms with Crippen LogP contribution in [0.4, 0.5) is 0 Å². The zero-order valence-electron chi connectivity index (χ0n) is 12.1. The third kappa shape index (κ3) is 6.72. The van der Waals surface area contributed by atoms with Gasteiger partial charge in [0.15, 0.2) is 0 Å². The van der Waals surface area contributed by atoms with E-state index in [1.807, 2.05) is 30.3 Å². The van der Waals surface area contributed by atoms with Crippen molar-refractivity contribution >= 4 is 11.9 Å². The van der Waals surface area contributed by atoms with Crippen molar-refractivity contribution in [2.24, 2.45) is 0 Å². The topological polar surface area (TPSA) is 72.8 Å². The van der Waals surface area contributed by atoms with Crippen LogP contribution >= 0.6 is 0 Å². The first-order chi connectivity index (χ1) is 10.2. The van der Waals surface area contributed by atoms with Crippen LogP contribution < -0.4 is 0 Å². The van der Waals surface area contributed by atoms with Crippen molar-refractivity contribution in [1.29, 1.82) is 0 Å². The molecule has 0 aliphatic rings. The average molecular weight is 292 g/mol. The van der Waals surface area contributed by atoms with Gasteiger partial charge in [-0.1, -0.05) is 36.4 Å². The second-order valence-corrected chi connectivity index (χ2v) is 4.26. The van der Waals surface area contributed by atoms with Gasteiger partial charge in [0, 0.05) is 5.57 Å². The van der Waals surface area contributed by atoms with E-state index in [9.17, 15) is 9.59 Å². The SMILES string of the molecule is CCOC(=O)/C(=C\Cc1ccccc1)CC(=O)OCCO. The number of aliphatic hydroxyl groups is 1. The Kier molecular flexibility index (Phi) is 7.82. The van der Waals surface area contributed by atoms with E-state index >= 15 is 0 Å². The molecular weight excluding hydrogens is 272 g/mol. The number of hydrogen-bond acceptors (Lipinski definition) is 5. The van der Waals surface area contributed by atoms with Crippen molar-refractivity contribution in [2.45, 2.75) is 19.8 Å². The van der Waals surface area contributed by atoms with Gasteiger partial charge < -0.3 is 14.6 Å². The first-order valence-electron chi connectivity index (χ1n) is 6.84. The van der Waals surface area contributed by atoms with E-state index in [-0.39, 0.29) is 31.8 Å². The molecule has 0 aliphatic heterocycles. The minimum absolute atomic E-state index is 0.0758. The molecule has 1 aromatic carbocycles. The van der Waals surface area contributed by atoms with E-state index in [4.69, 9.17) is 14.6 Å². The molecule has 0 aliphatic carbocycles. The van der Waals surface area contributed by atoms with Gasteiger partial charge in [-0.15, -0.1) is 0 Å². The second kappa shape index (κ2) is 9.72. The molecule has 0 unspecified atom stereocenters. The molecule has 114 valence electrons. The fourth-order valence-electron chi connectivity index (χ4n) is 1.67. The number of aliphatic hydroxyl groups excluding tert-OH is 1. The van der Waals surface area contributed by atoms with Crippen LogP contribution in [0.1, 0.15) is 18.9 Å². The Hall–Kier alpha value is -2.14. The normalized spacial score (nSPS) is 11.0. The molecular formula is C16H20O5. The maximum Gasteiger partial charge on any atom is 0.334 e. The molecule has 0 fully saturated rings. The number of hydrogen-bond donors (Lipinski definition) is 1. The summed E-state index contributed by atoms with van der Waals surface area (Å²) in [6.45, 7) is 1.63. The van der Waals surface area contributed by atoms with Gasteiger partial charge >= 0.3 is 11.9 Å². The largest absolute Gasteiger partial charge is 0.463 e.